The average molecular weight is 317 g/mol. The SMILES string of the molecule is N#Cc1cc(Br)cc(Oc2ccc(C(N)=O)cc2)c1. The molecule has 0 unspecified atom stereocenters. The van der Waals surface area contributed by atoms with Crippen molar-refractivity contribution in [2.24, 2.45) is 5.73 Å². The Labute approximate surface area is 118 Å². The summed E-state index contributed by atoms with van der Waals surface area (Å²) in [6, 6.07) is 13.6. The Morgan fingerprint density at radius 2 is 1.84 bits per heavy atom. The van der Waals surface area contributed by atoms with Crippen molar-refractivity contribution in [2.45, 2.75) is 0 Å². The third kappa shape index (κ3) is 3.33. The monoisotopic (exact) mass is 316 g/mol. The summed E-state index contributed by atoms with van der Waals surface area (Å²) < 4.78 is 6.36. The molecule has 0 spiro atoms. The van der Waals surface area contributed by atoms with E-state index in [0.29, 0.717) is 22.6 Å². The molecule has 0 bridgehead atoms. The van der Waals surface area contributed by atoms with Gasteiger partial charge in [0.15, 0.2) is 0 Å². The largest absolute Gasteiger partial charge is 0.457 e. The van der Waals surface area contributed by atoms with Gasteiger partial charge in [-0.25, -0.2) is 0 Å². The topological polar surface area (TPSA) is 76.1 Å². The minimum absolute atomic E-state index is 0.416. The molecule has 0 saturated heterocycles. The normalized spacial score (nSPS) is 9.68. The number of carbonyl (C=O) groups excluding carboxylic acids is 1. The van der Waals surface area contributed by atoms with Gasteiger partial charge >= 0.3 is 0 Å². The molecule has 2 N–H and O–H groups in total. The molecule has 0 aromatic heterocycles. The van der Waals surface area contributed by atoms with Gasteiger partial charge in [0.1, 0.15) is 11.5 Å². The minimum Gasteiger partial charge on any atom is -0.457 e. The molecule has 2 rings (SSSR count). The fourth-order valence-corrected chi connectivity index (χ4v) is 1.98. The predicted molar refractivity (Wildman–Crippen MR) is 73.9 cm³/mol. The lowest BCUT2D eigenvalue weighted by Crippen LogP contribution is -2.10. The van der Waals surface area contributed by atoms with Crippen LogP contribution in [0.2, 0.25) is 0 Å². The lowest BCUT2D eigenvalue weighted by Gasteiger charge is -2.07. The summed E-state index contributed by atoms with van der Waals surface area (Å²) in [6.07, 6.45) is 0. The van der Waals surface area contributed by atoms with Gasteiger partial charge < -0.3 is 10.5 Å². The highest BCUT2D eigenvalue weighted by molar-refractivity contribution is 9.10. The maximum atomic E-state index is 10.9. The van der Waals surface area contributed by atoms with E-state index in [4.69, 9.17) is 15.7 Å². The van der Waals surface area contributed by atoms with Gasteiger partial charge in [-0.05, 0) is 42.5 Å². The molecule has 0 aliphatic heterocycles. The van der Waals surface area contributed by atoms with Crippen LogP contribution in [0.3, 0.4) is 0 Å². The van der Waals surface area contributed by atoms with Crippen LogP contribution in [0, 0.1) is 11.3 Å². The second-order valence-electron chi connectivity index (χ2n) is 3.78. The molecule has 0 fully saturated rings. The first-order valence-corrected chi connectivity index (χ1v) is 6.16. The zero-order valence-electron chi connectivity index (χ0n) is 9.76. The van der Waals surface area contributed by atoms with E-state index >= 15 is 0 Å². The molecule has 0 aliphatic carbocycles. The standard InChI is InChI=1S/C14H9BrN2O2/c15-11-5-9(8-16)6-13(7-11)19-12-3-1-10(2-4-12)14(17)18/h1-7H,(H2,17,18). The number of nitriles is 1. The minimum atomic E-state index is -0.485. The van der Waals surface area contributed by atoms with Crippen LogP contribution >= 0.6 is 15.9 Å². The molecule has 4 nitrogen and oxygen atoms in total. The summed E-state index contributed by atoms with van der Waals surface area (Å²) in [5.41, 5.74) is 6.07. The molecular weight excluding hydrogens is 308 g/mol. The molecule has 94 valence electrons. The van der Waals surface area contributed by atoms with Crippen molar-refractivity contribution in [3.8, 4) is 17.6 Å². The van der Waals surface area contributed by atoms with Crippen LogP contribution in [-0.2, 0) is 0 Å². The van der Waals surface area contributed by atoms with Gasteiger partial charge in [-0.3, -0.25) is 4.79 Å². The van der Waals surface area contributed by atoms with E-state index in [9.17, 15) is 4.79 Å². The zero-order chi connectivity index (χ0) is 13.8. The van der Waals surface area contributed by atoms with Gasteiger partial charge in [0, 0.05) is 10.0 Å². The van der Waals surface area contributed by atoms with Crippen molar-refractivity contribution < 1.29 is 9.53 Å². The summed E-state index contributed by atoms with van der Waals surface area (Å²) in [5, 5.41) is 8.87. The quantitative estimate of drug-likeness (QED) is 0.944. The van der Waals surface area contributed by atoms with Crippen LogP contribution in [0.5, 0.6) is 11.5 Å². The summed E-state index contributed by atoms with van der Waals surface area (Å²) in [4.78, 5) is 10.9. The van der Waals surface area contributed by atoms with Gasteiger partial charge in [0.25, 0.3) is 0 Å². The summed E-state index contributed by atoms with van der Waals surface area (Å²) >= 11 is 3.31. The number of hydrogen-bond acceptors (Lipinski definition) is 3. The van der Waals surface area contributed by atoms with E-state index < -0.39 is 5.91 Å². The fourth-order valence-electron chi connectivity index (χ4n) is 1.51. The number of primary amides is 1. The smallest absolute Gasteiger partial charge is 0.248 e. The number of halogens is 1. The van der Waals surface area contributed by atoms with Crippen molar-refractivity contribution in [2.75, 3.05) is 0 Å². The molecule has 1 amide bonds. The average Bonchev–Trinajstić information content (AvgIpc) is 2.38. The predicted octanol–water partition coefficient (Wildman–Crippen LogP) is 3.21. The Bertz CT molecular complexity index is 660. The lowest BCUT2D eigenvalue weighted by atomic mass is 10.2. The molecule has 2 aromatic rings. The van der Waals surface area contributed by atoms with Gasteiger partial charge in [0.2, 0.25) is 5.91 Å². The van der Waals surface area contributed by atoms with Crippen LogP contribution in [0.25, 0.3) is 0 Å². The number of benzene rings is 2. The van der Waals surface area contributed by atoms with Crippen molar-refractivity contribution in [1.29, 1.82) is 5.26 Å². The van der Waals surface area contributed by atoms with Crippen LogP contribution in [0.15, 0.2) is 46.9 Å². The Morgan fingerprint density at radius 3 is 2.42 bits per heavy atom. The molecule has 0 atom stereocenters. The Hall–Kier alpha value is -2.32. The molecule has 0 radical (unpaired) electrons. The molecule has 2 aromatic carbocycles. The second-order valence-corrected chi connectivity index (χ2v) is 4.69. The van der Waals surface area contributed by atoms with Crippen LogP contribution in [0.1, 0.15) is 15.9 Å². The second kappa shape index (κ2) is 5.55. The number of nitrogens with two attached hydrogens (primary N) is 1. The zero-order valence-corrected chi connectivity index (χ0v) is 11.3. The van der Waals surface area contributed by atoms with Crippen molar-refractivity contribution in [3.05, 3.63) is 58.1 Å². The first kappa shape index (κ1) is 13.1. The van der Waals surface area contributed by atoms with Gasteiger partial charge in [-0.2, -0.15) is 5.26 Å². The molecule has 0 saturated carbocycles. The highest BCUT2D eigenvalue weighted by Gasteiger charge is 2.03. The summed E-state index contributed by atoms with van der Waals surface area (Å²) in [7, 11) is 0. The highest BCUT2D eigenvalue weighted by Crippen LogP contribution is 2.26. The van der Waals surface area contributed by atoms with Crippen molar-refractivity contribution in [3.63, 3.8) is 0 Å². The maximum Gasteiger partial charge on any atom is 0.248 e. The first-order chi connectivity index (χ1) is 9.08. The summed E-state index contributed by atoms with van der Waals surface area (Å²) in [6.45, 7) is 0. The number of nitrogens with zero attached hydrogens (tertiary/aromatic N) is 1. The number of carbonyl (C=O) groups is 1. The van der Waals surface area contributed by atoms with E-state index in [2.05, 4.69) is 15.9 Å². The molecule has 0 aliphatic rings. The van der Waals surface area contributed by atoms with E-state index in [0.717, 1.165) is 4.47 Å². The fraction of sp³-hybridized carbons (Fsp3) is 0. The van der Waals surface area contributed by atoms with Crippen LogP contribution in [-0.4, -0.2) is 5.91 Å². The number of hydrogen-bond donors (Lipinski definition) is 1. The molecular formula is C14H9BrN2O2. The van der Waals surface area contributed by atoms with E-state index in [-0.39, 0.29) is 0 Å². The third-order valence-corrected chi connectivity index (χ3v) is 2.83. The van der Waals surface area contributed by atoms with Crippen molar-refractivity contribution in [1.82, 2.24) is 0 Å². The third-order valence-electron chi connectivity index (χ3n) is 2.37. The van der Waals surface area contributed by atoms with Gasteiger partial charge in [-0.15, -0.1) is 0 Å². The number of ether oxygens (including phenoxy) is 1. The van der Waals surface area contributed by atoms with Crippen LogP contribution < -0.4 is 10.5 Å². The molecule has 5 heteroatoms. The molecule has 0 heterocycles. The van der Waals surface area contributed by atoms with E-state index in [1.54, 1.807) is 42.5 Å². The number of rotatable bonds is 3. The lowest BCUT2D eigenvalue weighted by molar-refractivity contribution is 0.100. The highest BCUT2D eigenvalue weighted by atomic mass is 79.9. The summed E-state index contributed by atoms with van der Waals surface area (Å²) in [5.74, 6) is 0.616. The van der Waals surface area contributed by atoms with Crippen molar-refractivity contribution >= 4 is 21.8 Å². The first-order valence-electron chi connectivity index (χ1n) is 5.37. The van der Waals surface area contributed by atoms with E-state index in [1.807, 2.05) is 6.07 Å². The Balaban J connectivity index is 2.24. The van der Waals surface area contributed by atoms with Crippen LogP contribution in [0.4, 0.5) is 0 Å². The maximum absolute atomic E-state index is 10.9. The molecule has 19 heavy (non-hydrogen) atoms. The Kier molecular flexibility index (Phi) is 3.83. The Morgan fingerprint density at radius 1 is 1.16 bits per heavy atom. The van der Waals surface area contributed by atoms with Gasteiger partial charge in [-0.1, -0.05) is 15.9 Å². The van der Waals surface area contributed by atoms with E-state index in [1.165, 1.54) is 0 Å². The number of amides is 1. The van der Waals surface area contributed by atoms with Gasteiger partial charge in [0.05, 0.1) is 11.6 Å².